The molecule has 0 spiro atoms. The van der Waals surface area contributed by atoms with Crippen LogP contribution in [0.15, 0.2) is 53.6 Å². The second kappa shape index (κ2) is 13.6. The van der Waals surface area contributed by atoms with Crippen molar-refractivity contribution in [3.05, 3.63) is 88.4 Å². The fourth-order valence-electron chi connectivity index (χ4n) is 4.83. The van der Waals surface area contributed by atoms with E-state index in [2.05, 4.69) is 28.7 Å². The molecule has 1 aliphatic rings. The summed E-state index contributed by atoms with van der Waals surface area (Å²) in [6.45, 7) is 13.7. The summed E-state index contributed by atoms with van der Waals surface area (Å²) in [6, 6.07) is 6.68. The van der Waals surface area contributed by atoms with Gasteiger partial charge in [0.05, 0.1) is 44.4 Å². The van der Waals surface area contributed by atoms with E-state index in [1.807, 2.05) is 18.2 Å². The van der Waals surface area contributed by atoms with Gasteiger partial charge in [-0.3, -0.25) is 4.79 Å². The van der Waals surface area contributed by atoms with Gasteiger partial charge in [-0.05, 0) is 50.3 Å². The zero-order chi connectivity index (χ0) is 31.3. The zero-order valence-electron chi connectivity index (χ0n) is 24.6. The summed E-state index contributed by atoms with van der Waals surface area (Å²) in [7, 11) is 2.45. The second-order valence-corrected chi connectivity index (χ2v) is 9.70. The first-order valence-corrected chi connectivity index (χ1v) is 13.5. The standard InChI is InChI=1S/C32H35F2N3O6/c1-7-24-21(19(4)32(43-24)31(39)28-29(33)25(40-5)17-26(41-6)30(28)34)15-18(3)35-22-10-9-20(37-11-13-42-14-12-37)16-23(22)36-27(38)8-2/h7-10,15-17,31,35,39H,2-3,11-14H2,1,4-6H3,(H,36,38)/b21-15-,24-7+. The number of amides is 1. The van der Waals surface area contributed by atoms with Crippen LogP contribution >= 0.6 is 0 Å². The molecule has 1 amide bonds. The van der Waals surface area contributed by atoms with E-state index >= 15 is 8.78 Å². The topological polar surface area (TPSA) is 105 Å². The van der Waals surface area contributed by atoms with E-state index in [4.69, 9.17) is 18.6 Å². The molecular formula is C32H35F2N3O6. The zero-order valence-corrected chi connectivity index (χ0v) is 24.6. The predicted molar refractivity (Wildman–Crippen MR) is 162 cm³/mol. The van der Waals surface area contributed by atoms with Gasteiger partial charge in [-0.15, -0.1) is 0 Å². The molecule has 1 fully saturated rings. The minimum Gasteiger partial charge on any atom is -0.494 e. The van der Waals surface area contributed by atoms with E-state index in [1.165, 1.54) is 20.3 Å². The molecule has 0 radical (unpaired) electrons. The Kier molecular flexibility index (Phi) is 9.89. The van der Waals surface area contributed by atoms with Crippen LogP contribution in [0.1, 0.15) is 29.9 Å². The predicted octanol–water partition coefficient (Wildman–Crippen LogP) is 4.13. The van der Waals surface area contributed by atoms with Crippen LogP contribution in [0.4, 0.5) is 25.8 Å². The van der Waals surface area contributed by atoms with Crippen LogP contribution in [0, 0.1) is 18.6 Å². The van der Waals surface area contributed by atoms with Crippen LogP contribution in [0.25, 0.3) is 12.2 Å². The molecule has 1 unspecified atom stereocenters. The van der Waals surface area contributed by atoms with Crippen LogP contribution in [0.2, 0.25) is 0 Å². The van der Waals surface area contributed by atoms with Gasteiger partial charge in [0, 0.05) is 41.3 Å². The number of aliphatic hydroxyl groups excluding tert-OH is 1. The Bertz CT molecular complexity index is 1630. The van der Waals surface area contributed by atoms with Crippen molar-refractivity contribution in [2.45, 2.75) is 20.0 Å². The summed E-state index contributed by atoms with van der Waals surface area (Å²) in [5.41, 5.74) is 2.56. The number of morpholine rings is 1. The molecule has 3 aromatic rings. The lowest BCUT2D eigenvalue weighted by atomic mass is 10.0. The molecule has 4 rings (SSSR count). The van der Waals surface area contributed by atoms with Gasteiger partial charge in [-0.2, -0.15) is 0 Å². The molecule has 11 heteroatoms. The fourth-order valence-corrected chi connectivity index (χ4v) is 4.83. The maximum absolute atomic E-state index is 15.2. The summed E-state index contributed by atoms with van der Waals surface area (Å²) in [5.74, 6) is -3.16. The van der Waals surface area contributed by atoms with E-state index in [0.717, 1.165) is 24.8 Å². The van der Waals surface area contributed by atoms with Crippen molar-refractivity contribution in [2.24, 2.45) is 0 Å². The lowest BCUT2D eigenvalue weighted by Crippen LogP contribution is -2.36. The Balaban J connectivity index is 1.71. The number of ether oxygens (including phenoxy) is 3. The molecule has 1 atom stereocenters. The number of aliphatic hydroxyl groups is 1. The number of anilines is 3. The number of methoxy groups -OCH3 is 2. The molecule has 1 aliphatic heterocycles. The highest BCUT2D eigenvalue weighted by molar-refractivity contribution is 6.01. The molecule has 0 aliphatic carbocycles. The smallest absolute Gasteiger partial charge is 0.247 e. The highest BCUT2D eigenvalue weighted by atomic mass is 19.1. The van der Waals surface area contributed by atoms with Crippen molar-refractivity contribution in [2.75, 3.05) is 56.1 Å². The average molecular weight is 596 g/mol. The first kappa shape index (κ1) is 31.3. The third-order valence-corrected chi connectivity index (χ3v) is 7.09. The average Bonchev–Trinajstić information content (AvgIpc) is 3.32. The number of halogens is 2. The van der Waals surface area contributed by atoms with Gasteiger partial charge in [0.25, 0.3) is 0 Å². The number of nitrogens with zero attached hydrogens (tertiary/aromatic N) is 1. The number of carbonyl (C=O) groups is 1. The number of rotatable bonds is 10. The normalized spacial score (nSPS) is 14.8. The van der Waals surface area contributed by atoms with Gasteiger partial charge < -0.3 is 39.3 Å². The monoisotopic (exact) mass is 595 g/mol. The Morgan fingerprint density at radius 3 is 2.33 bits per heavy atom. The lowest BCUT2D eigenvalue weighted by molar-refractivity contribution is -0.111. The van der Waals surface area contributed by atoms with Crippen molar-refractivity contribution in [3.63, 3.8) is 0 Å². The van der Waals surface area contributed by atoms with Crippen LogP contribution in [0.5, 0.6) is 11.5 Å². The molecule has 2 aromatic carbocycles. The Labute approximate surface area is 248 Å². The maximum Gasteiger partial charge on any atom is 0.247 e. The Morgan fingerprint density at radius 1 is 1.09 bits per heavy atom. The third-order valence-electron chi connectivity index (χ3n) is 7.09. The van der Waals surface area contributed by atoms with Crippen molar-refractivity contribution < 1.29 is 37.3 Å². The van der Waals surface area contributed by atoms with Crippen LogP contribution in [0.3, 0.4) is 0 Å². The van der Waals surface area contributed by atoms with Crippen LogP contribution in [-0.4, -0.2) is 51.5 Å². The van der Waals surface area contributed by atoms with Crippen LogP contribution < -0.4 is 35.6 Å². The summed E-state index contributed by atoms with van der Waals surface area (Å²) in [6.07, 6.45) is 2.71. The summed E-state index contributed by atoms with van der Waals surface area (Å²) in [4.78, 5) is 14.4. The van der Waals surface area contributed by atoms with Crippen molar-refractivity contribution in [1.29, 1.82) is 0 Å². The van der Waals surface area contributed by atoms with E-state index in [9.17, 15) is 9.90 Å². The quantitative estimate of drug-likeness (QED) is 0.301. The molecule has 0 saturated carbocycles. The van der Waals surface area contributed by atoms with E-state index < -0.39 is 23.3 Å². The number of hydrogen-bond donors (Lipinski definition) is 3. The number of hydrogen-bond acceptors (Lipinski definition) is 8. The van der Waals surface area contributed by atoms with E-state index in [-0.39, 0.29) is 23.2 Å². The Morgan fingerprint density at radius 2 is 1.74 bits per heavy atom. The molecule has 2 heterocycles. The Hall–Kier alpha value is -4.61. The number of benzene rings is 2. The minimum atomic E-state index is -1.81. The van der Waals surface area contributed by atoms with Gasteiger partial charge in [-0.25, -0.2) is 8.78 Å². The van der Waals surface area contributed by atoms with E-state index in [0.29, 0.717) is 46.5 Å². The number of nitrogens with one attached hydrogen (secondary N) is 2. The number of carbonyl (C=O) groups excluding carboxylic acids is 1. The first-order chi connectivity index (χ1) is 20.6. The molecule has 3 N–H and O–H groups in total. The molecule has 0 bridgehead atoms. The lowest BCUT2D eigenvalue weighted by Gasteiger charge is -2.29. The van der Waals surface area contributed by atoms with Crippen molar-refractivity contribution in [1.82, 2.24) is 0 Å². The third kappa shape index (κ3) is 6.58. The van der Waals surface area contributed by atoms with Gasteiger partial charge in [-0.1, -0.05) is 13.2 Å². The summed E-state index contributed by atoms with van der Waals surface area (Å²) in [5, 5.41) is 17.7. The molecular weight excluding hydrogens is 560 g/mol. The fraction of sp³-hybridized carbons (Fsp3) is 0.281. The summed E-state index contributed by atoms with van der Waals surface area (Å²) < 4.78 is 51.6. The highest BCUT2D eigenvalue weighted by Gasteiger charge is 2.30. The van der Waals surface area contributed by atoms with Gasteiger partial charge in [0.2, 0.25) is 5.91 Å². The number of allylic oxidation sites excluding steroid dienone is 1. The van der Waals surface area contributed by atoms with Gasteiger partial charge in [0.1, 0.15) is 17.3 Å². The largest absolute Gasteiger partial charge is 0.494 e. The van der Waals surface area contributed by atoms with Gasteiger partial charge >= 0.3 is 0 Å². The highest BCUT2D eigenvalue weighted by Crippen LogP contribution is 2.37. The summed E-state index contributed by atoms with van der Waals surface area (Å²) >= 11 is 0. The molecule has 228 valence electrons. The first-order valence-electron chi connectivity index (χ1n) is 13.5. The number of furan rings is 1. The van der Waals surface area contributed by atoms with Crippen molar-refractivity contribution in [3.8, 4) is 11.5 Å². The van der Waals surface area contributed by atoms with Gasteiger partial charge in [0.15, 0.2) is 23.1 Å². The van der Waals surface area contributed by atoms with Crippen molar-refractivity contribution >= 4 is 35.1 Å². The molecule has 9 nitrogen and oxygen atoms in total. The molecule has 1 saturated heterocycles. The minimum absolute atomic E-state index is 0.0611. The SMILES string of the molecule is C=CC(=O)Nc1cc(N2CCOCC2)ccc1NC(=C)/C=c1/c(C)c(C(O)c2c(F)c(OC)cc(OC)c2F)o/c1=C/C. The molecule has 1 aromatic heterocycles. The maximum atomic E-state index is 15.2. The van der Waals surface area contributed by atoms with E-state index in [1.54, 1.807) is 26.0 Å². The molecule has 43 heavy (non-hydrogen) atoms. The second-order valence-electron chi connectivity index (χ2n) is 9.70. The van der Waals surface area contributed by atoms with Crippen LogP contribution in [-0.2, 0) is 9.53 Å².